The van der Waals surface area contributed by atoms with Gasteiger partial charge in [0.15, 0.2) is 0 Å². The van der Waals surface area contributed by atoms with Gasteiger partial charge in [-0.25, -0.2) is 9.97 Å². The highest BCUT2D eigenvalue weighted by atomic mass is 19.4. The van der Waals surface area contributed by atoms with Crippen molar-refractivity contribution in [1.29, 1.82) is 0 Å². The van der Waals surface area contributed by atoms with Gasteiger partial charge in [0.25, 0.3) is 0 Å². The number of hydrogen-bond donors (Lipinski definition) is 2. The molecule has 0 spiro atoms. The first-order valence-electron chi connectivity index (χ1n) is 9.82. The van der Waals surface area contributed by atoms with Crippen molar-refractivity contribution >= 4 is 11.6 Å². The summed E-state index contributed by atoms with van der Waals surface area (Å²) in [5.74, 6) is -0.137. The third-order valence-corrected chi connectivity index (χ3v) is 5.00. The molecule has 2 aromatic heterocycles. The van der Waals surface area contributed by atoms with Crippen LogP contribution in [0.15, 0.2) is 42.9 Å². The first-order chi connectivity index (χ1) is 14.7. The van der Waals surface area contributed by atoms with Crippen LogP contribution in [0.25, 0.3) is 11.1 Å². The Kier molecular flexibility index (Phi) is 5.67. The van der Waals surface area contributed by atoms with E-state index in [0.717, 1.165) is 35.4 Å². The minimum absolute atomic E-state index is 0.137. The lowest BCUT2D eigenvalue weighted by Gasteiger charge is -2.31. The van der Waals surface area contributed by atoms with Crippen LogP contribution in [0.5, 0.6) is 0 Å². The molecule has 0 aliphatic carbocycles. The summed E-state index contributed by atoms with van der Waals surface area (Å²) in [5.41, 5.74) is 1.15. The lowest BCUT2D eigenvalue weighted by Crippen LogP contribution is -2.42. The maximum Gasteiger partial charge on any atom is 0.433 e. The Morgan fingerprint density at radius 3 is 2.84 bits per heavy atom. The Balaban J connectivity index is 1.54. The van der Waals surface area contributed by atoms with Crippen molar-refractivity contribution in [2.24, 2.45) is 0 Å². The molecule has 10 heteroatoms. The number of aromatic nitrogens is 4. The lowest BCUT2D eigenvalue weighted by molar-refractivity contribution is -0.141. The number of nitrogens with one attached hydrogen (secondary N) is 1. The summed E-state index contributed by atoms with van der Waals surface area (Å²) in [4.78, 5) is 7.42. The summed E-state index contributed by atoms with van der Waals surface area (Å²) in [5, 5.41) is 17.8. The second kappa shape index (κ2) is 8.27. The predicted octanol–water partition coefficient (Wildman–Crippen LogP) is 3.95. The van der Waals surface area contributed by atoms with Crippen LogP contribution < -0.4 is 5.32 Å². The summed E-state index contributed by atoms with van der Waals surface area (Å²) in [6.07, 6.45) is 1.49. The fourth-order valence-corrected chi connectivity index (χ4v) is 3.59. The molecule has 0 radical (unpaired) electrons. The van der Waals surface area contributed by atoms with Gasteiger partial charge in [-0.3, -0.25) is 4.68 Å². The SMILES string of the molecule is Cc1cc(Nc2nccc(C(F)(F)F)n2)cc(-c2cnn(CC3(O)CCCOC3)c2)c1. The Bertz CT molecular complexity index is 1060. The average molecular weight is 433 g/mol. The van der Waals surface area contributed by atoms with Crippen molar-refractivity contribution in [3.8, 4) is 11.1 Å². The molecule has 1 saturated heterocycles. The first-order valence-corrected chi connectivity index (χ1v) is 9.82. The molecule has 0 saturated carbocycles. The molecule has 4 rings (SSSR count). The number of alkyl halides is 3. The Morgan fingerprint density at radius 1 is 1.26 bits per heavy atom. The molecular formula is C21H22F3N5O2. The van der Waals surface area contributed by atoms with Gasteiger partial charge in [0.2, 0.25) is 5.95 Å². The van der Waals surface area contributed by atoms with Crippen LogP contribution in [-0.2, 0) is 17.5 Å². The van der Waals surface area contributed by atoms with Gasteiger partial charge in [-0.05, 0) is 49.1 Å². The zero-order valence-electron chi connectivity index (χ0n) is 16.9. The maximum atomic E-state index is 12.9. The quantitative estimate of drug-likeness (QED) is 0.634. The number of ether oxygens (including phenoxy) is 1. The molecule has 164 valence electrons. The number of hydrogen-bond acceptors (Lipinski definition) is 6. The van der Waals surface area contributed by atoms with E-state index in [1.54, 1.807) is 23.0 Å². The van der Waals surface area contributed by atoms with Crippen molar-refractivity contribution in [3.63, 3.8) is 0 Å². The highest BCUT2D eigenvalue weighted by Crippen LogP contribution is 2.30. The average Bonchev–Trinajstić information content (AvgIpc) is 3.15. The number of aryl methyl sites for hydroxylation is 1. The second-order valence-electron chi connectivity index (χ2n) is 7.78. The van der Waals surface area contributed by atoms with Crippen LogP contribution in [0, 0.1) is 6.92 Å². The van der Waals surface area contributed by atoms with E-state index in [2.05, 4.69) is 20.4 Å². The van der Waals surface area contributed by atoms with Gasteiger partial charge >= 0.3 is 6.18 Å². The van der Waals surface area contributed by atoms with Gasteiger partial charge < -0.3 is 15.2 Å². The molecule has 1 aromatic carbocycles. The van der Waals surface area contributed by atoms with E-state index in [4.69, 9.17) is 4.74 Å². The summed E-state index contributed by atoms with van der Waals surface area (Å²) in [7, 11) is 0. The Morgan fingerprint density at radius 2 is 2.10 bits per heavy atom. The number of rotatable bonds is 5. The van der Waals surface area contributed by atoms with E-state index >= 15 is 0 Å². The second-order valence-corrected chi connectivity index (χ2v) is 7.78. The Hall–Kier alpha value is -2.98. The van der Waals surface area contributed by atoms with E-state index in [-0.39, 0.29) is 12.6 Å². The first kappa shape index (κ1) is 21.3. The minimum Gasteiger partial charge on any atom is -0.386 e. The van der Waals surface area contributed by atoms with Crippen molar-refractivity contribution in [2.45, 2.75) is 38.1 Å². The van der Waals surface area contributed by atoms with Crippen LogP contribution in [0.1, 0.15) is 24.1 Å². The van der Waals surface area contributed by atoms with Crippen LogP contribution in [0.4, 0.5) is 24.8 Å². The third-order valence-electron chi connectivity index (χ3n) is 5.00. The van der Waals surface area contributed by atoms with Crippen molar-refractivity contribution < 1.29 is 23.0 Å². The molecule has 31 heavy (non-hydrogen) atoms. The zero-order valence-corrected chi connectivity index (χ0v) is 16.9. The summed E-state index contributed by atoms with van der Waals surface area (Å²) in [6.45, 7) is 3.13. The molecule has 2 N–H and O–H groups in total. The monoisotopic (exact) mass is 433 g/mol. The largest absolute Gasteiger partial charge is 0.433 e. The van der Waals surface area contributed by atoms with Gasteiger partial charge in [-0.15, -0.1) is 0 Å². The van der Waals surface area contributed by atoms with Crippen molar-refractivity contribution in [2.75, 3.05) is 18.5 Å². The molecule has 1 aliphatic heterocycles. The third kappa shape index (κ3) is 5.20. The van der Waals surface area contributed by atoms with Gasteiger partial charge in [0.05, 0.1) is 19.3 Å². The molecule has 1 fully saturated rings. The fourth-order valence-electron chi connectivity index (χ4n) is 3.59. The normalized spacial score (nSPS) is 19.4. The number of aliphatic hydroxyl groups is 1. The molecule has 1 aliphatic rings. The topological polar surface area (TPSA) is 85.1 Å². The molecule has 7 nitrogen and oxygen atoms in total. The predicted molar refractivity (Wildman–Crippen MR) is 108 cm³/mol. The van der Waals surface area contributed by atoms with E-state index in [1.165, 1.54) is 0 Å². The minimum atomic E-state index is -4.54. The standard InChI is InChI=1S/C21H22F3N5O2/c1-14-7-15(16-10-26-29(11-16)12-20(30)4-2-6-31-13-20)9-17(8-14)27-19-25-5-3-18(28-19)21(22,23)24/h3,5,7-11,30H,2,4,6,12-13H2,1H3,(H,25,27,28). The summed E-state index contributed by atoms with van der Waals surface area (Å²) in [6, 6.07) is 6.35. The summed E-state index contributed by atoms with van der Waals surface area (Å²) >= 11 is 0. The van der Waals surface area contributed by atoms with Crippen molar-refractivity contribution in [1.82, 2.24) is 19.7 Å². The smallest absolute Gasteiger partial charge is 0.386 e. The van der Waals surface area contributed by atoms with Crippen LogP contribution in [0.3, 0.4) is 0 Å². The number of halogens is 3. The highest BCUT2D eigenvalue weighted by molar-refractivity contribution is 5.70. The molecule has 3 heterocycles. The lowest BCUT2D eigenvalue weighted by atomic mass is 9.97. The van der Waals surface area contributed by atoms with Crippen molar-refractivity contribution in [3.05, 3.63) is 54.1 Å². The summed E-state index contributed by atoms with van der Waals surface area (Å²) < 4.78 is 45.8. The molecular weight excluding hydrogens is 411 g/mol. The molecule has 0 amide bonds. The van der Waals surface area contributed by atoms with Gasteiger partial charge in [0.1, 0.15) is 11.3 Å². The van der Waals surface area contributed by atoms with Gasteiger partial charge in [-0.1, -0.05) is 6.07 Å². The Labute approximate surface area is 176 Å². The number of nitrogens with zero attached hydrogens (tertiary/aromatic N) is 4. The van der Waals surface area contributed by atoms with E-state index < -0.39 is 17.5 Å². The van der Waals surface area contributed by atoms with Gasteiger partial charge in [-0.2, -0.15) is 18.3 Å². The van der Waals surface area contributed by atoms with E-state index in [1.807, 2.05) is 19.2 Å². The molecule has 0 bridgehead atoms. The number of anilines is 2. The molecule has 1 unspecified atom stereocenters. The van der Waals surface area contributed by atoms with Crippen LogP contribution in [0.2, 0.25) is 0 Å². The maximum absolute atomic E-state index is 12.9. The molecule has 3 aromatic rings. The highest BCUT2D eigenvalue weighted by Gasteiger charge is 2.33. The van der Waals surface area contributed by atoms with Crippen LogP contribution >= 0.6 is 0 Å². The van der Waals surface area contributed by atoms with Crippen LogP contribution in [-0.4, -0.2) is 43.7 Å². The van der Waals surface area contributed by atoms with E-state index in [0.29, 0.717) is 25.3 Å². The zero-order chi connectivity index (χ0) is 22.1. The number of benzene rings is 1. The van der Waals surface area contributed by atoms with E-state index in [9.17, 15) is 18.3 Å². The molecule has 1 atom stereocenters. The van der Waals surface area contributed by atoms with Gasteiger partial charge in [0, 0.05) is 30.3 Å². The fraction of sp³-hybridized carbons (Fsp3) is 0.381.